The molecule has 0 nitrogen and oxygen atoms in total. The lowest BCUT2D eigenvalue weighted by molar-refractivity contribution is -0.0498. The van der Waals surface area contributed by atoms with Crippen LogP contribution in [-0.4, -0.2) is 5.38 Å². The maximum absolute atomic E-state index is 6.56. The van der Waals surface area contributed by atoms with Gasteiger partial charge in [0.2, 0.25) is 0 Å². The third-order valence-electron chi connectivity index (χ3n) is 10.2. The quantitative estimate of drug-likeness (QED) is 0.317. The molecule has 4 rings (SSSR count). The summed E-state index contributed by atoms with van der Waals surface area (Å²) in [6, 6.07) is 0. The lowest BCUT2D eigenvalue weighted by Crippen LogP contribution is -2.50. The highest BCUT2D eigenvalue weighted by Crippen LogP contribution is 2.67. The van der Waals surface area contributed by atoms with Gasteiger partial charge in [0.05, 0.1) is 0 Å². The van der Waals surface area contributed by atoms with Crippen LogP contribution in [-0.2, 0) is 0 Å². The molecule has 2 unspecified atom stereocenters. The fourth-order valence-electron chi connectivity index (χ4n) is 8.64. The molecule has 4 aliphatic rings. The van der Waals surface area contributed by atoms with Crippen LogP contribution < -0.4 is 0 Å². The van der Waals surface area contributed by atoms with Crippen molar-refractivity contribution < 1.29 is 0 Å². The number of halogens is 1. The van der Waals surface area contributed by atoms with Crippen LogP contribution in [0.5, 0.6) is 0 Å². The number of rotatable bonds is 5. The Morgan fingerprint density at radius 1 is 1.00 bits per heavy atom. The van der Waals surface area contributed by atoms with Crippen molar-refractivity contribution in [3.05, 3.63) is 11.6 Å². The number of alkyl halides is 1. The first-order chi connectivity index (χ1) is 13.3. The second-order valence-corrected chi connectivity index (χ2v) is 12.7. The minimum atomic E-state index is 0.396. The summed E-state index contributed by atoms with van der Waals surface area (Å²) in [5.41, 5.74) is 2.82. The molecule has 0 aromatic heterocycles. The maximum Gasteiger partial charge on any atom is 0.0373 e. The monoisotopic (exact) mass is 404 g/mol. The molecule has 3 saturated carbocycles. The normalized spacial score (nSPS) is 46.5. The molecule has 0 saturated heterocycles. The fourth-order valence-corrected chi connectivity index (χ4v) is 8.92. The summed E-state index contributed by atoms with van der Waals surface area (Å²) < 4.78 is 0. The molecule has 0 N–H and O–H groups in total. The van der Waals surface area contributed by atoms with Gasteiger partial charge in [-0.3, -0.25) is 0 Å². The first kappa shape index (κ1) is 21.3. The molecule has 0 bridgehead atoms. The van der Waals surface area contributed by atoms with Crippen LogP contribution in [0.2, 0.25) is 0 Å². The van der Waals surface area contributed by atoms with Gasteiger partial charge in [-0.05, 0) is 97.7 Å². The summed E-state index contributed by atoms with van der Waals surface area (Å²) in [6.45, 7) is 12.7. The van der Waals surface area contributed by atoms with E-state index in [1.807, 2.05) is 0 Å². The Morgan fingerprint density at radius 3 is 2.54 bits per heavy atom. The standard InChI is InChI=1S/C27H45Cl/c1-18(2)7-6-8-19(3)23-11-12-24-22-10-9-20-17-21(28)13-15-26(20,4)25(22)14-16-27(23,24)5/h9,18-19,21-25H,6-8,10-17H2,1-5H3/t19-,21+,22+,23?,24+,25+,26?,27-/m1/s1. The molecule has 0 radical (unpaired) electrons. The predicted octanol–water partition coefficient (Wildman–Crippen LogP) is 8.64. The Bertz CT molecular complexity index is 591. The number of hydrogen-bond donors (Lipinski definition) is 0. The predicted molar refractivity (Wildman–Crippen MR) is 123 cm³/mol. The van der Waals surface area contributed by atoms with Gasteiger partial charge in [0.15, 0.2) is 0 Å². The number of fused-ring (bicyclic) bond motifs is 5. The smallest absolute Gasteiger partial charge is 0.0373 e. The van der Waals surface area contributed by atoms with Gasteiger partial charge in [0, 0.05) is 5.38 Å². The van der Waals surface area contributed by atoms with Gasteiger partial charge in [-0.15, -0.1) is 11.6 Å². The van der Waals surface area contributed by atoms with Crippen LogP contribution in [0.25, 0.3) is 0 Å². The van der Waals surface area contributed by atoms with Crippen molar-refractivity contribution in [1.29, 1.82) is 0 Å². The molecule has 8 atom stereocenters. The average molecular weight is 405 g/mol. The summed E-state index contributed by atoms with van der Waals surface area (Å²) in [6.07, 6.45) is 18.0. The summed E-state index contributed by atoms with van der Waals surface area (Å²) in [5, 5.41) is 0.396. The molecule has 0 heterocycles. The van der Waals surface area contributed by atoms with Crippen LogP contribution in [0.4, 0.5) is 0 Å². The summed E-state index contributed by atoms with van der Waals surface area (Å²) >= 11 is 6.56. The van der Waals surface area contributed by atoms with Crippen LogP contribution in [0.15, 0.2) is 11.6 Å². The Labute approximate surface area is 180 Å². The van der Waals surface area contributed by atoms with Crippen LogP contribution in [0.1, 0.15) is 105 Å². The van der Waals surface area contributed by atoms with Crippen LogP contribution in [0, 0.1) is 46.3 Å². The van der Waals surface area contributed by atoms with E-state index >= 15 is 0 Å². The molecule has 3 fully saturated rings. The lowest BCUT2D eigenvalue weighted by atomic mass is 9.47. The Morgan fingerprint density at radius 2 is 1.79 bits per heavy atom. The SMILES string of the molecule is CC(C)CCC[C@@H](C)C1CC[C@H]2[C@@H]3CC=C4C[C@@H](Cl)CCC4(C)[C@H]3CC[C@]12C. The van der Waals surface area contributed by atoms with Crippen molar-refractivity contribution in [3.8, 4) is 0 Å². The molecule has 160 valence electrons. The molecule has 0 aromatic rings. The van der Waals surface area contributed by atoms with E-state index in [1.54, 1.807) is 5.57 Å². The second kappa shape index (κ2) is 7.94. The second-order valence-electron chi connectivity index (χ2n) is 12.1. The largest absolute Gasteiger partial charge is 0.123 e. The van der Waals surface area contributed by atoms with Gasteiger partial charge >= 0.3 is 0 Å². The first-order valence-corrected chi connectivity index (χ1v) is 13.0. The van der Waals surface area contributed by atoms with Gasteiger partial charge in [0.25, 0.3) is 0 Å². The van der Waals surface area contributed by atoms with E-state index in [-0.39, 0.29) is 0 Å². The van der Waals surface area contributed by atoms with Crippen molar-refractivity contribution in [3.63, 3.8) is 0 Å². The number of allylic oxidation sites excluding steroid dienone is 2. The molecular weight excluding hydrogens is 360 g/mol. The highest BCUT2D eigenvalue weighted by Gasteiger charge is 2.58. The van der Waals surface area contributed by atoms with Crippen molar-refractivity contribution in [2.75, 3.05) is 0 Å². The Balaban J connectivity index is 1.49. The van der Waals surface area contributed by atoms with Crippen LogP contribution in [0.3, 0.4) is 0 Å². The zero-order chi connectivity index (χ0) is 20.1. The minimum absolute atomic E-state index is 0.396. The van der Waals surface area contributed by atoms with Crippen molar-refractivity contribution >= 4 is 11.6 Å². The Hall–Kier alpha value is 0.0300. The highest BCUT2D eigenvalue weighted by atomic mass is 35.5. The van der Waals surface area contributed by atoms with Crippen LogP contribution >= 0.6 is 11.6 Å². The molecule has 0 aromatic carbocycles. The van der Waals surface area contributed by atoms with Gasteiger partial charge in [0.1, 0.15) is 0 Å². The Kier molecular flexibility index (Phi) is 6.03. The van der Waals surface area contributed by atoms with E-state index in [2.05, 4.69) is 40.7 Å². The van der Waals surface area contributed by atoms with E-state index in [4.69, 9.17) is 11.6 Å². The van der Waals surface area contributed by atoms with E-state index in [0.29, 0.717) is 16.2 Å². The average Bonchev–Trinajstić information content (AvgIpc) is 2.99. The topological polar surface area (TPSA) is 0 Å². The fraction of sp³-hybridized carbons (Fsp3) is 0.926. The zero-order valence-electron chi connectivity index (χ0n) is 19.3. The molecule has 1 heteroatoms. The van der Waals surface area contributed by atoms with Gasteiger partial charge in [-0.25, -0.2) is 0 Å². The van der Waals surface area contributed by atoms with Gasteiger partial charge in [-0.1, -0.05) is 65.5 Å². The summed E-state index contributed by atoms with van der Waals surface area (Å²) in [5.74, 6) is 5.62. The number of hydrogen-bond acceptors (Lipinski definition) is 0. The zero-order valence-corrected chi connectivity index (χ0v) is 20.0. The van der Waals surface area contributed by atoms with E-state index in [9.17, 15) is 0 Å². The highest BCUT2D eigenvalue weighted by molar-refractivity contribution is 6.20. The van der Waals surface area contributed by atoms with E-state index < -0.39 is 0 Å². The third-order valence-corrected chi connectivity index (χ3v) is 10.6. The first-order valence-electron chi connectivity index (χ1n) is 12.6. The molecule has 4 aliphatic carbocycles. The summed E-state index contributed by atoms with van der Waals surface area (Å²) in [4.78, 5) is 0. The van der Waals surface area contributed by atoms with Gasteiger partial charge < -0.3 is 0 Å². The van der Waals surface area contributed by atoms with Crippen molar-refractivity contribution in [2.45, 2.75) is 111 Å². The maximum atomic E-state index is 6.56. The minimum Gasteiger partial charge on any atom is -0.123 e. The molecule has 28 heavy (non-hydrogen) atoms. The van der Waals surface area contributed by atoms with E-state index in [1.165, 1.54) is 70.6 Å². The molecule has 0 amide bonds. The van der Waals surface area contributed by atoms with Crippen molar-refractivity contribution in [1.82, 2.24) is 0 Å². The van der Waals surface area contributed by atoms with Crippen molar-refractivity contribution in [2.24, 2.45) is 46.3 Å². The molecule has 0 aliphatic heterocycles. The lowest BCUT2D eigenvalue weighted by Gasteiger charge is -2.58. The summed E-state index contributed by atoms with van der Waals surface area (Å²) in [7, 11) is 0. The third kappa shape index (κ3) is 3.52. The van der Waals surface area contributed by atoms with Gasteiger partial charge in [-0.2, -0.15) is 0 Å². The molecular formula is C27H45Cl. The molecule has 0 spiro atoms. The van der Waals surface area contributed by atoms with E-state index in [0.717, 1.165) is 35.5 Å².